The smallest absolute Gasteiger partial charge is 0.494 e. The van der Waals surface area contributed by atoms with Crippen LogP contribution in [0.15, 0.2) is 24.5 Å². The molecule has 0 spiro atoms. The topological polar surface area (TPSA) is 100.0 Å². The molecule has 0 saturated heterocycles. The number of rotatable bonds is 2. The number of halogens is 3. The SMILES string of the molecule is COc1c(CO)cc2ccnc3c2c1N(C)C=C3.O=S(=O)(O)C(F)(F)F. The molecule has 7 nitrogen and oxygen atoms in total. The summed E-state index contributed by atoms with van der Waals surface area (Å²) < 4.78 is 63.0. The first-order valence-electron chi connectivity index (χ1n) is 7.05. The van der Waals surface area contributed by atoms with Gasteiger partial charge in [0.1, 0.15) is 5.75 Å². The van der Waals surface area contributed by atoms with E-state index in [2.05, 4.69) is 4.98 Å². The van der Waals surface area contributed by atoms with Gasteiger partial charge in [-0.1, -0.05) is 0 Å². The molecule has 2 aromatic rings. The zero-order valence-corrected chi connectivity index (χ0v) is 14.5. The third-order valence-corrected chi connectivity index (χ3v) is 4.15. The van der Waals surface area contributed by atoms with Gasteiger partial charge in [-0.3, -0.25) is 9.54 Å². The summed E-state index contributed by atoms with van der Waals surface area (Å²) in [6.07, 6.45) is 5.71. The Morgan fingerprint density at radius 2 is 1.96 bits per heavy atom. The Morgan fingerprint density at radius 3 is 2.46 bits per heavy atom. The van der Waals surface area contributed by atoms with Crippen LogP contribution in [-0.4, -0.2) is 42.7 Å². The van der Waals surface area contributed by atoms with Crippen molar-refractivity contribution in [1.29, 1.82) is 0 Å². The van der Waals surface area contributed by atoms with E-state index in [1.54, 1.807) is 13.3 Å². The van der Waals surface area contributed by atoms with Crippen LogP contribution in [0, 0.1) is 0 Å². The van der Waals surface area contributed by atoms with Crippen molar-refractivity contribution in [1.82, 2.24) is 4.98 Å². The van der Waals surface area contributed by atoms with E-state index < -0.39 is 15.6 Å². The van der Waals surface area contributed by atoms with E-state index in [0.29, 0.717) is 5.75 Å². The lowest BCUT2D eigenvalue weighted by molar-refractivity contribution is -0.0510. The number of nitrogens with zero attached hydrogens (tertiary/aromatic N) is 2. The lowest BCUT2D eigenvalue weighted by Crippen LogP contribution is -2.21. The number of methoxy groups -OCH3 is 1. The molecule has 3 rings (SSSR count). The highest BCUT2D eigenvalue weighted by Crippen LogP contribution is 2.42. The van der Waals surface area contributed by atoms with Crippen LogP contribution in [0.5, 0.6) is 5.75 Å². The van der Waals surface area contributed by atoms with Gasteiger partial charge < -0.3 is 14.7 Å². The summed E-state index contributed by atoms with van der Waals surface area (Å²) in [6.45, 7) is -0.0404. The van der Waals surface area contributed by atoms with E-state index in [1.165, 1.54) is 0 Å². The molecule has 0 unspecified atom stereocenters. The van der Waals surface area contributed by atoms with Crippen LogP contribution < -0.4 is 9.64 Å². The summed E-state index contributed by atoms with van der Waals surface area (Å²) in [5, 5.41) is 11.6. The number of ether oxygens (including phenoxy) is 1. The Kier molecular flexibility index (Phi) is 5.44. The third kappa shape index (κ3) is 3.74. The van der Waals surface area contributed by atoms with Crippen molar-refractivity contribution in [3.05, 3.63) is 35.8 Å². The summed E-state index contributed by atoms with van der Waals surface area (Å²) in [5.74, 6) is 0.714. The van der Waals surface area contributed by atoms with Gasteiger partial charge >= 0.3 is 15.6 Å². The average molecular weight is 392 g/mol. The van der Waals surface area contributed by atoms with Gasteiger partial charge in [0.05, 0.1) is 25.1 Å². The van der Waals surface area contributed by atoms with Gasteiger partial charge in [-0.25, -0.2) is 0 Å². The summed E-state index contributed by atoms with van der Waals surface area (Å²) in [7, 11) is -2.25. The molecule has 0 amide bonds. The number of pyridine rings is 1. The fraction of sp³-hybridized carbons (Fsp3) is 0.267. The molecule has 2 N–H and O–H groups in total. The van der Waals surface area contributed by atoms with Crippen LogP contribution in [0.2, 0.25) is 0 Å². The summed E-state index contributed by atoms with van der Waals surface area (Å²) >= 11 is 0. The van der Waals surface area contributed by atoms with Crippen molar-refractivity contribution in [2.45, 2.75) is 12.1 Å². The van der Waals surface area contributed by atoms with Gasteiger partial charge in [-0.15, -0.1) is 0 Å². The van der Waals surface area contributed by atoms with E-state index in [4.69, 9.17) is 17.7 Å². The van der Waals surface area contributed by atoms with E-state index in [0.717, 1.165) is 27.7 Å². The van der Waals surface area contributed by atoms with E-state index in [1.807, 2.05) is 36.4 Å². The summed E-state index contributed by atoms with van der Waals surface area (Å²) in [6, 6.07) is 3.91. The van der Waals surface area contributed by atoms with Crippen molar-refractivity contribution in [2.24, 2.45) is 0 Å². The third-order valence-electron chi connectivity index (χ3n) is 3.56. The molecule has 0 radical (unpaired) electrons. The number of aliphatic hydroxyl groups excluding tert-OH is 1. The van der Waals surface area contributed by atoms with Crippen LogP contribution in [0.25, 0.3) is 16.8 Å². The minimum Gasteiger partial charge on any atom is -0.494 e. The van der Waals surface area contributed by atoms with Crippen molar-refractivity contribution >= 4 is 32.7 Å². The maximum Gasteiger partial charge on any atom is 0.522 e. The second-order valence-corrected chi connectivity index (χ2v) is 6.63. The lowest BCUT2D eigenvalue weighted by atomic mass is 10.00. The standard InChI is InChI=1S/C14H14N2O2.CHF3O3S/c1-16-6-4-11-12-9(3-5-15-11)7-10(8-17)14(18-2)13(12)16;2-1(3,4)8(5,6)7/h3-7,17H,8H2,1-2H3;(H,5,6,7). The second kappa shape index (κ2) is 7.09. The highest BCUT2D eigenvalue weighted by molar-refractivity contribution is 7.86. The van der Waals surface area contributed by atoms with E-state index in [9.17, 15) is 18.3 Å². The van der Waals surface area contributed by atoms with Crippen molar-refractivity contribution in [3.8, 4) is 5.75 Å². The predicted molar refractivity (Wildman–Crippen MR) is 89.3 cm³/mol. The quantitative estimate of drug-likeness (QED) is 0.598. The highest BCUT2D eigenvalue weighted by atomic mass is 32.2. The van der Waals surface area contributed by atoms with Crippen LogP contribution in [0.1, 0.15) is 11.3 Å². The minimum atomic E-state index is -5.84. The van der Waals surface area contributed by atoms with Crippen molar-refractivity contribution < 1.29 is 36.0 Å². The molecule has 1 aliphatic rings. The molecule has 0 atom stereocenters. The summed E-state index contributed by atoms with van der Waals surface area (Å²) in [4.78, 5) is 6.37. The molecule has 1 aromatic carbocycles. The molecule has 0 aliphatic carbocycles. The van der Waals surface area contributed by atoms with Gasteiger partial charge in [0, 0.05) is 30.4 Å². The van der Waals surface area contributed by atoms with Gasteiger partial charge in [0.2, 0.25) is 0 Å². The number of alkyl halides is 3. The molecule has 0 fully saturated rings. The van der Waals surface area contributed by atoms with E-state index >= 15 is 0 Å². The Bertz CT molecular complexity index is 958. The number of anilines is 1. The Balaban J connectivity index is 0.000000260. The number of hydrogen-bond acceptors (Lipinski definition) is 6. The molecular weight excluding hydrogens is 377 g/mol. The molecular formula is C15H15F3N2O5S. The normalized spacial score (nSPS) is 13.4. The molecule has 11 heteroatoms. The first kappa shape index (κ1) is 19.9. The number of benzene rings is 1. The largest absolute Gasteiger partial charge is 0.522 e. The number of aliphatic hydroxyl groups is 1. The van der Waals surface area contributed by atoms with Crippen molar-refractivity contribution in [3.63, 3.8) is 0 Å². The Morgan fingerprint density at radius 1 is 1.35 bits per heavy atom. The average Bonchev–Trinajstić information content (AvgIpc) is 2.56. The maximum absolute atomic E-state index is 10.7. The Labute approximate surface area is 147 Å². The molecule has 0 bridgehead atoms. The second-order valence-electron chi connectivity index (χ2n) is 5.22. The zero-order valence-electron chi connectivity index (χ0n) is 13.6. The number of hydrogen-bond donors (Lipinski definition) is 2. The molecule has 26 heavy (non-hydrogen) atoms. The van der Waals surface area contributed by atoms with Crippen LogP contribution in [-0.2, 0) is 16.7 Å². The molecule has 1 aliphatic heterocycles. The fourth-order valence-corrected chi connectivity index (χ4v) is 2.46. The zero-order chi connectivity index (χ0) is 19.7. The molecule has 0 saturated carbocycles. The monoisotopic (exact) mass is 392 g/mol. The molecule has 2 heterocycles. The van der Waals surface area contributed by atoms with Gasteiger partial charge in [0.25, 0.3) is 0 Å². The molecule has 142 valence electrons. The fourth-order valence-electron chi connectivity index (χ4n) is 2.46. The Hall–Kier alpha value is -2.37. The number of aromatic nitrogens is 1. The van der Waals surface area contributed by atoms with Gasteiger partial charge in [-0.2, -0.15) is 21.6 Å². The van der Waals surface area contributed by atoms with Gasteiger partial charge in [0.15, 0.2) is 0 Å². The first-order chi connectivity index (χ1) is 12.0. The van der Waals surface area contributed by atoms with Crippen molar-refractivity contribution in [2.75, 3.05) is 19.1 Å². The van der Waals surface area contributed by atoms with Crippen LogP contribution in [0.4, 0.5) is 18.9 Å². The van der Waals surface area contributed by atoms with Gasteiger partial charge in [-0.05, 0) is 23.6 Å². The lowest BCUT2D eigenvalue weighted by Gasteiger charge is -2.25. The predicted octanol–water partition coefficient (Wildman–Crippen LogP) is 2.55. The van der Waals surface area contributed by atoms with Crippen LogP contribution >= 0.6 is 0 Å². The van der Waals surface area contributed by atoms with Crippen LogP contribution in [0.3, 0.4) is 0 Å². The van der Waals surface area contributed by atoms with E-state index in [-0.39, 0.29) is 6.61 Å². The molecule has 1 aromatic heterocycles. The highest BCUT2D eigenvalue weighted by Gasteiger charge is 2.44. The first-order valence-corrected chi connectivity index (χ1v) is 8.49. The maximum atomic E-state index is 10.7. The summed E-state index contributed by atoms with van der Waals surface area (Å²) in [5.41, 5.74) is -2.85. The minimum absolute atomic E-state index is 0.0404.